The van der Waals surface area contributed by atoms with Crippen LogP contribution in [0.15, 0.2) is 18.2 Å². The first-order chi connectivity index (χ1) is 13.8. The molecule has 1 heterocycles. The van der Waals surface area contributed by atoms with E-state index in [1.807, 2.05) is 0 Å². The van der Waals surface area contributed by atoms with Gasteiger partial charge in [0.2, 0.25) is 0 Å². The predicted octanol–water partition coefficient (Wildman–Crippen LogP) is 2.76. The van der Waals surface area contributed by atoms with E-state index in [0.29, 0.717) is 37.2 Å². The highest BCUT2D eigenvalue weighted by atomic mass is 19.1. The van der Waals surface area contributed by atoms with Crippen molar-refractivity contribution in [3.63, 3.8) is 0 Å². The van der Waals surface area contributed by atoms with Gasteiger partial charge in [0, 0.05) is 51.9 Å². The van der Waals surface area contributed by atoms with Gasteiger partial charge in [-0.1, -0.05) is 0 Å². The normalized spacial score (nSPS) is 22.9. The molecule has 160 valence electrons. The molecule has 0 aromatic heterocycles. The molecule has 0 unspecified atom stereocenters. The molecule has 1 aromatic rings. The molecule has 1 N–H and O–H groups in total. The lowest BCUT2D eigenvalue weighted by molar-refractivity contribution is 0.0616. The first kappa shape index (κ1) is 21.4. The standard InChI is InChI=1S/C21H30FN3O4/c1-23(2)20(26)16-5-8-19(18(22)13-16)29-14-15-3-6-17(7-4-15)24-9-11-25(12-10-24)21(27)28/h5,8,13,15,17H,3-4,6-7,9-12,14H2,1-2H3,(H,27,28). The Balaban J connectivity index is 1.43. The Bertz CT molecular complexity index is 727. The molecule has 2 fully saturated rings. The number of carbonyl (C=O) groups excluding carboxylic acids is 1. The molecule has 1 aliphatic carbocycles. The van der Waals surface area contributed by atoms with Gasteiger partial charge in [-0.3, -0.25) is 9.69 Å². The van der Waals surface area contributed by atoms with Crippen LogP contribution in [0, 0.1) is 11.7 Å². The van der Waals surface area contributed by atoms with Gasteiger partial charge in [0.05, 0.1) is 6.61 Å². The van der Waals surface area contributed by atoms with Crippen molar-refractivity contribution in [1.82, 2.24) is 14.7 Å². The highest BCUT2D eigenvalue weighted by Gasteiger charge is 2.29. The lowest BCUT2D eigenvalue weighted by atomic mass is 9.85. The van der Waals surface area contributed by atoms with E-state index in [-0.39, 0.29) is 11.7 Å². The number of nitrogens with zero attached hydrogens (tertiary/aromatic N) is 3. The number of carbonyl (C=O) groups is 2. The summed E-state index contributed by atoms with van der Waals surface area (Å²) in [6.45, 7) is 3.20. The van der Waals surface area contributed by atoms with Gasteiger partial charge in [-0.25, -0.2) is 9.18 Å². The third-order valence-corrected chi connectivity index (χ3v) is 5.98. The molecule has 1 aromatic carbocycles. The molecule has 0 radical (unpaired) electrons. The van der Waals surface area contributed by atoms with E-state index in [2.05, 4.69) is 4.90 Å². The van der Waals surface area contributed by atoms with Crippen molar-refractivity contribution < 1.29 is 23.8 Å². The number of halogens is 1. The summed E-state index contributed by atoms with van der Waals surface area (Å²) in [5.74, 6) is -0.179. The Hall–Kier alpha value is -2.35. The van der Waals surface area contributed by atoms with Crippen LogP contribution in [-0.4, -0.2) is 84.7 Å². The molecule has 0 bridgehead atoms. The Morgan fingerprint density at radius 3 is 2.34 bits per heavy atom. The van der Waals surface area contributed by atoms with E-state index in [1.54, 1.807) is 20.2 Å². The number of carboxylic acid groups (broad SMARTS) is 1. The van der Waals surface area contributed by atoms with E-state index >= 15 is 0 Å². The van der Waals surface area contributed by atoms with E-state index < -0.39 is 11.9 Å². The van der Waals surface area contributed by atoms with Gasteiger partial charge < -0.3 is 19.6 Å². The zero-order valence-corrected chi connectivity index (χ0v) is 17.1. The average Bonchev–Trinajstić information content (AvgIpc) is 2.72. The molecule has 1 saturated heterocycles. The molecule has 3 rings (SSSR count). The molecule has 2 aliphatic rings. The van der Waals surface area contributed by atoms with Crippen LogP contribution in [0.5, 0.6) is 5.75 Å². The van der Waals surface area contributed by atoms with Gasteiger partial charge in [0.25, 0.3) is 5.91 Å². The van der Waals surface area contributed by atoms with Crippen molar-refractivity contribution in [3.05, 3.63) is 29.6 Å². The Kier molecular flexibility index (Phi) is 6.95. The fraction of sp³-hybridized carbons (Fsp3) is 0.619. The minimum atomic E-state index is -0.836. The predicted molar refractivity (Wildman–Crippen MR) is 107 cm³/mol. The smallest absolute Gasteiger partial charge is 0.407 e. The molecule has 29 heavy (non-hydrogen) atoms. The van der Waals surface area contributed by atoms with Crippen molar-refractivity contribution in [3.8, 4) is 5.75 Å². The molecule has 7 nitrogen and oxygen atoms in total. The highest BCUT2D eigenvalue weighted by molar-refractivity contribution is 5.94. The van der Waals surface area contributed by atoms with Crippen LogP contribution in [0.1, 0.15) is 36.0 Å². The second-order valence-corrected chi connectivity index (χ2v) is 8.14. The molecule has 1 aliphatic heterocycles. The summed E-state index contributed by atoms with van der Waals surface area (Å²) >= 11 is 0. The molecule has 8 heteroatoms. The number of hydrogen-bond donors (Lipinski definition) is 1. The van der Waals surface area contributed by atoms with Crippen LogP contribution in [0.2, 0.25) is 0 Å². The van der Waals surface area contributed by atoms with Gasteiger partial charge >= 0.3 is 6.09 Å². The summed E-state index contributed by atoms with van der Waals surface area (Å²) in [5.41, 5.74) is 0.309. The number of rotatable bonds is 5. The van der Waals surface area contributed by atoms with Crippen LogP contribution in [0.4, 0.5) is 9.18 Å². The molecule has 2 amide bonds. The van der Waals surface area contributed by atoms with E-state index in [0.717, 1.165) is 38.8 Å². The molecule has 0 atom stereocenters. The Morgan fingerprint density at radius 2 is 1.79 bits per heavy atom. The zero-order valence-electron chi connectivity index (χ0n) is 17.1. The largest absolute Gasteiger partial charge is 0.490 e. The van der Waals surface area contributed by atoms with E-state index in [9.17, 15) is 14.0 Å². The Morgan fingerprint density at radius 1 is 1.14 bits per heavy atom. The minimum Gasteiger partial charge on any atom is -0.490 e. The first-order valence-electron chi connectivity index (χ1n) is 10.2. The molecular weight excluding hydrogens is 377 g/mol. The summed E-state index contributed by atoms with van der Waals surface area (Å²) in [4.78, 5) is 28.2. The van der Waals surface area contributed by atoms with Crippen LogP contribution in [0.25, 0.3) is 0 Å². The molecule has 1 saturated carbocycles. The third kappa shape index (κ3) is 5.38. The lowest BCUT2D eigenvalue weighted by Gasteiger charge is -2.41. The summed E-state index contributed by atoms with van der Waals surface area (Å²) < 4.78 is 20.0. The molecular formula is C21H30FN3O4. The number of ether oxygens (including phenoxy) is 1. The maximum atomic E-state index is 14.3. The van der Waals surface area contributed by atoms with Crippen LogP contribution < -0.4 is 4.74 Å². The SMILES string of the molecule is CN(C)C(=O)c1ccc(OCC2CCC(N3CCN(C(=O)O)CC3)CC2)c(F)c1. The van der Waals surface area contributed by atoms with E-state index in [4.69, 9.17) is 9.84 Å². The van der Waals surface area contributed by atoms with Gasteiger partial charge in [0.15, 0.2) is 11.6 Å². The first-order valence-corrected chi connectivity index (χ1v) is 10.2. The highest BCUT2D eigenvalue weighted by Crippen LogP contribution is 2.29. The minimum absolute atomic E-state index is 0.187. The number of benzene rings is 1. The zero-order chi connectivity index (χ0) is 21.0. The quantitative estimate of drug-likeness (QED) is 0.813. The van der Waals surface area contributed by atoms with Crippen molar-refractivity contribution in [2.45, 2.75) is 31.7 Å². The van der Waals surface area contributed by atoms with Crippen molar-refractivity contribution in [2.24, 2.45) is 5.92 Å². The van der Waals surface area contributed by atoms with Gasteiger partial charge in [0.1, 0.15) is 0 Å². The fourth-order valence-electron chi connectivity index (χ4n) is 4.17. The van der Waals surface area contributed by atoms with Crippen molar-refractivity contribution >= 4 is 12.0 Å². The van der Waals surface area contributed by atoms with Crippen LogP contribution in [-0.2, 0) is 0 Å². The number of hydrogen-bond acceptors (Lipinski definition) is 4. The maximum absolute atomic E-state index is 14.3. The van der Waals surface area contributed by atoms with Crippen LogP contribution >= 0.6 is 0 Å². The van der Waals surface area contributed by atoms with E-state index in [1.165, 1.54) is 21.9 Å². The van der Waals surface area contributed by atoms with Crippen LogP contribution in [0.3, 0.4) is 0 Å². The summed E-state index contributed by atoms with van der Waals surface area (Å²) in [6, 6.07) is 4.84. The lowest BCUT2D eigenvalue weighted by Crippen LogP contribution is -2.52. The third-order valence-electron chi connectivity index (χ3n) is 5.98. The fourth-order valence-corrected chi connectivity index (χ4v) is 4.17. The van der Waals surface area contributed by atoms with Gasteiger partial charge in [-0.15, -0.1) is 0 Å². The van der Waals surface area contributed by atoms with Gasteiger partial charge in [-0.05, 0) is 49.8 Å². The summed E-state index contributed by atoms with van der Waals surface area (Å²) in [5, 5.41) is 9.06. The second-order valence-electron chi connectivity index (χ2n) is 8.14. The monoisotopic (exact) mass is 407 g/mol. The summed E-state index contributed by atoms with van der Waals surface area (Å²) in [6.07, 6.45) is 3.31. The molecule has 0 spiro atoms. The maximum Gasteiger partial charge on any atom is 0.407 e. The number of amides is 2. The van der Waals surface area contributed by atoms with Crippen molar-refractivity contribution in [1.29, 1.82) is 0 Å². The Labute approximate surface area is 171 Å². The average molecular weight is 407 g/mol. The van der Waals surface area contributed by atoms with Crippen molar-refractivity contribution in [2.75, 3.05) is 46.9 Å². The second kappa shape index (κ2) is 9.43. The topological polar surface area (TPSA) is 73.3 Å². The summed E-state index contributed by atoms with van der Waals surface area (Å²) in [7, 11) is 3.26. The number of piperazine rings is 1. The van der Waals surface area contributed by atoms with Gasteiger partial charge in [-0.2, -0.15) is 0 Å².